The molecule has 1 N–H and O–H groups in total. The predicted molar refractivity (Wildman–Crippen MR) is 68.6 cm³/mol. The highest BCUT2D eigenvalue weighted by Crippen LogP contribution is 2.29. The molecule has 17 heavy (non-hydrogen) atoms. The molecule has 0 amide bonds. The largest absolute Gasteiger partial charge is 0.388 e. The maximum atomic E-state index is 11.4. The van der Waals surface area contributed by atoms with Crippen LogP contribution in [0.1, 0.15) is 44.9 Å². The Kier molecular flexibility index (Phi) is 4.26. The summed E-state index contributed by atoms with van der Waals surface area (Å²) in [6, 6.07) is 0. The van der Waals surface area contributed by atoms with Gasteiger partial charge in [0.05, 0.1) is 17.6 Å². The number of aliphatic hydroxyl groups excluding tert-OH is 1. The minimum atomic E-state index is -2.88. The van der Waals surface area contributed by atoms with Gasteiger partial charge in [0.1, 0.15) is 0 Å². The van der Waals surface area contributed by atoms with Crippen molar-refractivity contribution in [1.82, 2.24) is 0 Å². The average molecular weight is 258 g/mol. The van der Waals surface area contributed by atoms with Crippen molar-refractivity contribution in [2.45, 2.75) is 51.0 Å². The van der Waals surface area contributed by atoms with Crippen LogP contribution in [0, 0.1) is 5.92 Å². The van der Waals surface area contributed by atoms with Crippen LogP contribution >= 0.6 is 0 Å². The molecule has 3 nitrogen and oxygen atoms in total. The van der Waals surface area contributed by atoms with E-state index in [1.165, 1.54) is 19.3 Å². The SMILES string of the molecule is O=S1(=O)CCC(C(O)C2=CCCCCCC2)C1. The average Bonchev–Trinajstić information content (AvgIpc) is 2.57. The van der Waals surface area contributed by atoms with Crippen molar-refractivity contribution in [1.29, 1.82) is 0 Å². The molecule has 2 rings (SSSR count). The highest BCUT2D eigenvalue weighted by molar-refractivity contribution is 7.91. The molecule has 0 spiro atoms. The zero-order valence-corrected chi connectivity index (χ0v) is 11.1. The van der Waals surface area contributed by atoms with E-state index in [0.717, 1.165) is 24.8 Å². The van der Waals surface area contributed by atoms with Crippen LogP contribution in [0.5, 0.6) is 0 Å². The normalized spacial score (nSPS) is 31.4. The van der Waals surface area contributed by atoms with E-state index in [4.69, 9.17) is 0 Å². The van der Waals surface area contributed by atoms with Gasteiger partial charge in [0, 0.05) is 5.92 Å². The summed E-state index contributed by atoms with van der Waals surface area (Å²) in [5.41, 5.74) is 1.09. The summed E-state index contributed by atoms with van der Waals surface area (Å²) in [5.74, 6) is 0.360. The topological polar surface area (TPSA) is 54.4 Å². The lowest BCUT2D eigenvalue weighted by Crippen LogP contribution is -2.24. The Morgan fingerprint density at radius 1 is 1.24 bits per heavy atom. The van der Waals surface area contributed by atoms with E-state index in [2.05, 4.69) is 6.08 Å². The number of rotatable bonds is 2. The molecule has 0 bridgehead atoms. The number of allylic oxidation sites excluding steroid dienone is 1. The van der Waals surface area contributed by atoms with E-state index in [-0.39, 0.29) is 17.4 Å². The molecule has 0 radical (unpaired) electrons. The van der Waals surface area contributed by atoms with Crippen LogP contribution in [0.25, 0.3) is 0 Å². The van der Waals surface area contributed by atoms with Crippen LogP contribution in [0.2, 0.25) is 0 Å². The van der Waals surface area contributed by atoms with Crippen molar-refractivity contribution in [2.24, 2.45) is 5.92 Å². The molecule has 2 unspecified atom stereocenters. The van der Waals surface area contributed by atoms with Crippen LogP contribution in [0.4, 0.5) is 0 Å². The smallest absolute Gasteiger partial charge is 0.150 e. The Bertz CT molecular complexity index is 383. The molecule has 1 saturated heterocycles. The molecular weight excluding hydrogens is 236 g/mol. The van der Waals surface area contributed by atoms with E-state index < -0.39 is 15.9 Å². The fourth-order valence-electron chi connectivity index (χ4n) is 2.86. The molecular formula is C13H22O3S. The van der Waals surface area contributed by atoms with Gasteiger partial charge in [-0.2, -0.15) is 0 Å². The minimum absolute atomic E-state index is 0.0642. The maximum absolute atomic E-state index is 11.4. The van der Waals surface area contributed by atoms with Gasteiger partial charge in [-0.05, 0) is 37.7 Å². The van der Waals surface area contributed by atoms with Crippen molar-refractivity contribution in [3.8, 4) is 0 Å². The predicted octanol–water partition coefficient (Wildman–Crippen LogP) is 2.06. The molecule has 0 aromatic rings. The summed E-state index contributed by atoms with van der Waals surface area (Å²) in [7, 11) is -2.88. The lowest BCUT2D eigenvalue weighted by Gasteiger charge is -2.21. The Morgan fingerprint density at radius 3 is 2.71 bits per heavy atom. The molecule has 0 saturated carbocycles. The van der Waals surface area contributed by atoms with E-state index in [1.54, 1.807) is 0 Å². The Balaban J connectivity index is 2.01. The van der Waals surface area contributed by atoms with Gasteiger partial charge in [-0.1, -0.05) is 18.9 Å². The minimum Gasteiger partial charge on any atom is -0.388 e. The second kappa shape index (κ2) is 5.53. The van der Waals surface area contributed by atoms with Gasteiger partial charge in [-0.15, -0.1) is 0 Å². The monoisotopic (exact) mass is 258 g/mol. The van der Waals surface area contributed by atoms with E-state index in [1.807, 2.05) is 0 Å². The third kappa shape index (κ3) is 3.55. The van der Waals surface area contributed by atoms with Crippen molar-refractivity contribution >= 4 is 9.84 Å². The number of sulfone groups is 1. The Hall–Kier alpha value is -0.350. The number of hydrogen-bond donors (Lipinski definition) is 1. The van der Waals surface area contributed by atoms with Crippen molar-refractivity contribution in [3.05, 3.63) is 11.6 Å². The zero-order valence-electron chi connectivity index (χ0n) is 10.3. The van der Waals surface area contributed by atoms with Gasteiger partial charge >= 0.3 is 0 Å². The Labute approximate surface area is 104 Å². The van der Waals surface area contributed by atoms with E-state index in [0.29, 0.717) is 6.42 Å². The van der Waals surface area contributed by atoms with Gasteiger partial charge < -0.3 is 5.11 Å². The lowest BCUT2D eigenvalue weighted by molar-refractivity contribution is 0.149. The standard InChI is InChI=1S/C13H22O3S/c14-13(12-8-9-17(15,16)10-12)11-6-4-2-1-3-5-7-11/h6,12-14H,1-5,7-10H2. The van der Waals surface area contributed by atoms with Crippen LogP contribution in [-0.2, 0) is 9.84 Å². The van der Waals surface area contributed by atoms with Crippen LogP contribution in [0.3, 0.4) is 0 Å². The molecule has 1 aliphatic carbocycles. The van der Waals surface area contributed by atoms with E-state index >= 15 is 0 Å². The first-order valence-electron chi connectivity index (χ1n) is 6.66. The summed E-state index contributed by atoms with van der Waals surface area (Å²) in [6.07, 6.45) is 9.05. The van der Waals surface area contributed by atoms with Gasteiger partial charge in [-0.3, -0.25) is 0 Å². The zero-order chi connectivity index (χ0) is 12.3. The molecule has 0 aromatic carbocycles. The quantitative estimate of drug-likeness (QED) is 0.771. The van der Waals surface area contributed by atoms with Crippen LogP contribution in [0.15, 0.2) is 11.6 Å². The number of aliphatic hydroxyl groups is 1. The molecule has 4 heteroatoms. The van der Waals surface area contributed by atoms with Crippen molar-refractivity contribution in [2.75, 3.05) is 11.5 Å². The maximum Gasteiger partial charge on any atom is 0.150 e. The fourth-order valence-corrected chi connectivity index (χ4v) is 4.69. The summed E-state index contributed by atoms with van der Waals surface area (Å²) >= 11 is 0. The molecule has 2 aliphatic rings. The highest BCUT2D eigenvalue weighted by Gasteiger charge is 2.34. The molecule has 0 aromatic heterocycles. The first kappa shape index (κ1) is 13.1. The van der Waals surface area contributed by atoms with E-state index in [9.17, 15) is 13.5 Å². The van der Waals surface area contributed by atoms with Crippen molar-refractivity contribution < 1.29 is 13.5 Å². The molecule has 1 heterocycles. The second-order valence-electron chi connectivity index (χ2n) is 5.34. The number of hydrogen-bond acceptors (Lipinski definition) is 3. The lowest BCUT2D eigenvalue weighted by atomic mass is 9.89. The summed E-state index contributed by atoms with van der Waals surface area (Å²) < 4.78 is 22.8. The first-order valence-corrected chi connectivity index (χ1v) is 8.48. The summed E-state index contributed by atoms with van der Waals surface area (Å²) in [6.45, 7) is 0. The molecule has 1 fully saturated rings. The van der Waals surface area contributed by atoms with Gasteiger partial charge in [0.15, 0.2) is 9.84 Å². The Morgan fingerprint density at radius 2 is 2.00 bits per heavy atom. The second-order valence-corrected chi connectivity index (χ2v) is 7.57. The molecule has 1 aliphatic heterocycles. The third-order valence-electron chi connectivity index (χ3n) is 3.92. The van der Waals surface area contributed by atoms with Gasteiger partial charge in [0.25, 0.3) is 0 Å². The van der Waals surface area contributed by atoms with Gasteiger partial charge in [-0.25, -0.2) is 8.42 Å². The summed E-state index contributed by atoms with van der Waals surface area (Å²) in [5, 5.41) is 10.3. The van der Waals surface area contributed by atoms with Crippen LogP contribution < -0.4 is 0 Å². The summed E-state index contributed by atoms with van der Waals surface area (Å²) in [4.78, 5) is 0. The van der Waals surface area contributed by atoms with Gasteiger partial charge in [0.2, 0.25) is 0 Å². The highest BCUT2D eigenvalue weighted by atomic mass is 32.2. The molecule has 98 valence electrons. The third-order valence-corrected chi connectivity index (χ3v) is 5.71. The molecule has 2 atom stereocenters. The van der Waals surface area contributed by atoms with Crippen LogP contribution in [-0.4, -0.2) is 31.1 Å². The first-order chi connectivity index (χ1) is 8.08. The van der Waals surface area contributed by atoms with Crippen molar-refractivity contribution in [3.63, 3.8) is 0 Å². The fraction of sp³-hybridized carbons (Fsp3) is 0.846.